The van der Waals surface area contributed by atoms with Gasteiger partial charge in [-0.05, 0) is 72.8 Å². The Morgan fingerprint density at radius 1 is 1.05 bits per heavy atom. The molecule has 220 valence electrons. The smallest absolute Gasteiger partial charge is 0.416 e. The lowest BCUT2D eigenvalue weighted by Gasteiger charge is -2.44. The average Bonchev–Trinajstić information content (AvgIpc) is 3.42. The van der Waals surface area contributed by atoms with Crippen molar-refractivity contribution in [1.29, 1.82) is 0 Å². The zero-order valence-electron chi connectivity index (χ0n) is 25.6. The fraction of sp³-hybridized carbons (Fsp3) is 0.484. The fourth-order valence-electron chi connectivity index (χ4n) is 6.31. The third kappa shape index (κ3) is 6.37. The molecule has 4 aromatic rings. The van der Waals surface area contributed by atoms with Crippen molar-refractivity contribution in [3.05, 3.63) is 70.2 Å². The maximum atomic E-state index is 13.3. The van der Waals surface area contributed by atoms with Crippen molar-refractivity contribution in [2.75, 3.05) is 4.90 Å². The first kappa shape index (κ1) is 31.2. The van der Waals surface area contributed by atoms with Gasteiger partial charge in [0, 0.05) is 36.6 Å². The highest BCUT2D eigenvalue weighted by molar-refractivity contribution is 7.16. The molecule has 0 N–H and O–H groups in total. The number of pyridine rings is 2. The molecule has 7 nitrogen and oxygen atoms in total. The molecule has 0 aliphatic heterocycles. The number of rotatable bonds is 9. The van der Waals surface area contributed by atoms with Crippen LogP contribution in [0.25, 0.3) is 11.0 Å². The van der Waals surface area contributed by atoms with Crippen molar-refractivity contribution >= 4 is 53.4 Å². The number of nitrogens with zero attached hydrogens (tertiary/aromatic N) is 5. The molecule has 0 fully saturated rings. The minimum Gasteiger partial charge on any atom is -0.443 e. The lowest BCUT2D eigenvalue weighted by atomic mass is 10.1. The molecule has 4 aromatic heterocycles. The molecule has 0 radical (unpaired) electrons. The van der Waals surface area contributed by atoms with Gasteiger partial charge in [0.1, 0.15) is 16.4 Å². The first-order chi connectivity index (χ1) is 19.3. The molecule has 0 saturated heterocycles. The van der Waals surface area contributed by atoms with Crippen molar-refractivity contribution in [3.63, 3.8) is 0 Å². The standard InChI is InChI=1S/C31H42ClN5O2SSi/c1-20(2)41(21(3)4,22(5)6)37-19-24(25-11-10-14-34-28(25)37)17-26-27(32)35-29(40-26)36(30(38)39-31(7,8)9)18-23-12-15-33-16-13-23/h10-16,19-22H,17-18H2,1-9H3. The Morgan fingerprint density at radius 3 is 2.27 bits per heavy atom. The Bertz CT molecular complexity index is 1470. The second-order valence-corrected chi connectivity index (χ2v) is 19.7. The molecule has 0 aliphatic carbocycles. The number of halogens is 1. The number of thiazole rings is 1. The predicted octanol–water partition coefficient (Wildman–Crippen LogP) is 9.10. The molecule has 10 heteroatoms. The van der Waals surface area contributed by atoms with Crippen LogP contribution in [-0.4, -0.2) is 39.1 Å². The lowest BCUT2D eigenvalue weighted by Crippen LogP contribution is -2.51. The summed E-state index contributed by atoms with van der Waals surface area (Å²) in [5.41, 5.74) is 4.07. The van der Waals surface area contributed by atoms with Crippen LogP contribution in [-0.2, 0) is 17.7 Å². The van der Waals surface area contributed by atoms with E-state index in [-0.39, 0.29) is 0 Å². The number of carbonyl (C=O) groups is 1. The molecule has 0 unspecified atom stereocenters. The largest absolute Gasteiger partial charge is 0.443 e. The number of fused-ring (bicyclic) bond motifs is 1. The number of hydrogen-bond acceptors (Lipinski definition) is 6. The van der Waals surface area contributed by atoms with Crippen LogP contribution < -0.4 is 4.90 Å². The van der Waals surface area contributed by atoms with E-state index in [1.165, 1.54) is 16.9 Å². The molecule has 41 heavy (non-hydrogen) atoms. The van der Waals surface area contributed by atoms with Gasteiger partial charge in [-0.25, -0.2) is 19.7 Å². The predicted molar refractivity (Wildman–Crippen MR) is 173 cm³/mol. The summed E-state index contributed by atoms with van der Waals surface area (Å²) in [7, 11) is -2.04. The van der Waals surface area contributed by atoms with Gasteiger partial charge in [-0.2, -0.15) is 0 Å². The number of hydrogen-bond donors (Lipinski definition) is 0. The van der Waals surface area contributed by atoms with E-state index in [2.05, 4.69) is 68.0 Å². The van der Waals surface area contributed by atoms with Gasteiger partial charge >= 0.3 is 6.09 Å². The van der Waals surface area contributed by atoms with Crippen molar-refractivity contribution in [3.8, 4) is 0 Å². The monoisotopic (exact) mass is 611 g/mol. The van der Waals surface area contributed by atoms with E-state index in [9.17, 15) is 4.79 Å². The maximum absolute atomic E-state index is 13.3. The zero-order chi connectivity index (χ0) is 30.1. The summed E-state index contributed by atoms with van der Waals surface area (Å²) in [5.74, 6) is 0. The van der Waals surface area contributed by atoms with Crippen molar-refractivity contribution in [1.82, 2.24) is 19.2 Å². The Kier molecular flexibility index (Phi) is 9.31. The quantitative estimate of drug-likeness (QED) is 0.176. The molecular formula is C31H42ClN5O2SSi. The molecule has 0 bridgehead atoms. The topological polar surface area (TPSA) is 73.1 Å². The Labute approximate surface area is 254 Å². The van der Waals surface area contributed by atoms with Gasteiger partial charge in [-0.3, -0.25) is 4.98 Å². The van der Waals surface area contributed by atoms with E-state index in [0.29, 0.717) is 39.9 Å². The van der Waals surface area contributed by atoms with Gasteiger partial charge in [-0.1, -0.05) is 64.5 Å². The highest BCUT2D eigenvalue weighted by atomic mass is 35.5. The summed E-state index contributed by atoms with van der Waals surface area (Å²) in [6, 6.07) is 7.91. The molecule has 4 rings (SSSR count). The van der Waals surface area contributed by atoms with E-state index in [1.807, 2.05) is 45.2 Å². The van der Waals surface area contributed by atoms with E-state index in [1.54, 1.807) is 17.3 Å². The van der Waals surface area contributed by atoms with Gasteiger partial charge < -0.3 is 8.97 Å². The Morgan fingerprint density at radius 2 is 1.68 bits per heavy atom. The summed E-state index contributed by atoms with van der Waals surface area (Å²) in [4.78, 5) is 29.4. The summed E-state index contributed by atoms with van der Waals surface area (Å²) in [5, 5.41) is 2.05. The van der Waals surface area contributed by atoms with Crippen LogP contribution in [0.15, 0.2) is 49.1 Å². The molecule has 0 aliphatic rings. The molecule has 4 heterocycles. The third-order valence-corrected chi connectivity index (χ3v) is 16.0. The van der Waals surface area contributed by atoms with Crippen molar-refractivity contribution < 1.29 is 9.53 Å². The SMILES string of the molecule is CC(C)[Si](C(C)C)(C(C)C)n1cc(Cc2sc(N(Cc3ccncc3)C(=O)OC(C)(C)C)nc2Cl)c2cccnc21. The lowest BCUT2D eigenvalue weighted by molar-refractivity contribution is 0.0577. The van der Waals surface area contributed by atoms with Gasteiger partial charge in [0.25, 0.3) is 0 Å². The molecule has 0 spiro atoms. The molecule has 0 atom stereocenters. The third-order valence-electron chi connectivity index (χ3n) is 7.76. The number of aromatic nitrogens is 4. The number of ether oxygens (including phenoxy) is 1. The summed E-state index contributed by atoms with van der Waals surface area (Å²) >= 11 is 8.20. The Hall–Kier alpha value is -2.75. The fourth-order valence-corrected chi connectivity index (χ4v) is 14.2. The molecule has 0 aromatic carbocycles. The van der Waals surface area contributed by atoms with E-state index in [0.717, 1.165) is 21.5 Å². The number of amides is 1. The minimum absolute atomic E-state index is 0.301. The van der Waals surface area contributed by atoms with E-state index >= 15 is 0 Å². The first-order valence-corrected chi connectivity index (χ1v) is 17.6. The maximum Gasteiger partial charge on any atom is 0.416 e. The van der Waals surface area contributed by atoms with Gasteiger partial charge in [0.2, 0.25) is 0 Å². The second kappa shape index (κ2) is 12.2. The highest BCUT2D eigenvalue weighted by Crippen LogP contribution is 2.45. The van der Waals surface area contributed by atoms with Gasteiger partial charge in [0.15, 0.2) is 13.4 Å². The van der Waals surface area contributed by atoms with Crippen LogP contribution in [0.2, 0.25) is 21.8 Å². The van der Waals surface area contributed by atoms with Crippen molar-refractivity contribution in [2.24, 2.45) is 0 Å². The zero-order valence-corrected chi connectivity index (χ0v) is 28.2. The molecular weight excluding hydrogens is 570 g/mol. The molecule has 1 amide bonds. The highest BCUT2D eigenvalue weighted by Gasteiger charge is 2.46. The van der Waals surface area contributed by atoms with Crippen LogP contribution in [0.3, 0.4) is 0 Å². The minimum atomic E-state index is -2.04. The number of anilines is 1. The van der Waals surface area contributed by atoms with Gasteiger partial charge in [-0.15, -0.1) is 0 Å². The van der Waals surface area contributed by atoms with Crippen LogP contribution in [0, 0.1) is 0 Å². The Balaban J connectivity index is 1.77. The van der Waals surface area contributed by atoms with E-state index < -0.39 is 19.9 Å². The van der Waals surface area contributed by atoms with Crippen LogP contribution in [0.4, 0.5) is 9.93 Å². The van der Waals surface area contributed by atoms with Crippen molar-refractivity contribution in [2.45, 2.75) is 97.5 Å². The van der Waals surface area contributed by atoms with Crippen LogP contribution >= 0.6 is 22.9 Å². The average molecular weight is 612 g/mol. The van der Waals surface area contributed by atoms with Gasteiger partial charge in [0.05, 0.1) is 11.4 Å². The number of carbonyl (C=O) groups excluding carboxylic acids is 1. The molecule has 0 saturated carbocycles. The van der Waals surface area contributed by atoms with Crippen LogP contribution in [0.5, 0.6) is 0 Å². The second-order valence-electron chi connectivity index (χ2n) is 12.6. The van der Waals surface area contributed by atoms with Crippen LogP contribution in [0.1, 0.15) is 78.3 Å². The summed E-state index contributed by atoms with van der Waals surface area (Å²) < 4.78 is 8.29. The van der Waals surface area contributed by atoms with E-state index in [4.69, 9.17) is 21.3 Å². The summed E-state index contributed by atoms with van der Waals surface area (Å²) in [6.45, 7) is 20.0. The first-order valence-electron chi connectivity index (χ1n) is 14.3. The normalized spacial score (nSPS) is 12.6. The summed E-state index contributed by atoms with van der Waals surface area (Å²) in [6.07, 6.45) is 7.76.